The second-order valence-electron chi connectivity index (χ2n) is 7.36. The smallest absolute Gasteiger partial charge is 0.303 e. The Morgan fingerprint density at radius 3 is 2.40 bits per heavy atom. The van der Waals surface area contributed by atoms with E-state index in [-0.39, 0.29) is 16.7 Å². The fraction of sp³-hybridized carbons (Fsp3) is 0.333. The number of nitrogens with zero attached hydrogens (tertiary/aromatic N) is 4. The van der Waals surface area contributed by atoms with Crippen molar-refractivity contribution in [1.29, 1.82) is 5.26 Å². The van der Waals surface area contributed by atoms with E-state index in [0.29, 0.717) is 12.8 Å². The van der Waals surface area contributed by atoms with E-state index < -0.39 is 23.0 Å². The number of hydrogen-bond donors (Lipinski definition) is 0. The van der Waals surface area contributed by atoms with Gasteiger partial charge in [0.15, 0.2) is 10.8 Å². The third-order valence-electron chi connectivity index (χ3n) is 5.74. The van der Waals surface area contributed by atoms with Crippen molar-refractivity contribution in [2.75, 3.05) is 9.80 Å². The summed E-state index contributed by atoms with van der Waals surface area (Å²) in [6.45, 7) is 2.03. The molecule has 0 atom stereocenters. The highest BCUT2D eigenvalue weighted by Crippen LogP contribution is 2.48. The van der Waals surface area contributed by atoms with Crippen LogP contribution in [-0.4, -0.2) is 21.5 Å². The highest BCUT2D eigenvalue weighted by molar-refractivity contribution is 7.81. The monoisotopic (exact) mass is 430 g/mol. The van der Waals surface area contributed by atoms with Crippen molar-refractivity contribution in [1.82, 2.24) is 4.98 Å². The van der Waals surface area contributed by atoms with Gasteiger partial charge in [-0.1, -0.05) is 19.1 Å². The van der Waals surface area contributed by atoms with E-state index in [0.717, 1.165) is 41.3 Å². The lowest BCUT2D eigenvalue weighted by molar-refractivity contribution is -0.138. The van der Waals surface area contributed by atoms with E-state index in [4.69, 9.17) is 17.5 Å². The Balaban J connectivity index is 1.80. The number of halogens is 3. The van der Waals surface area contributed by atoms with Gasteiger partial charge in [-0.15, -0.1) is 0 Å². The van der Waals surface area contributed by atoms with Crippen LogP contribution in [-0.2, 0) is 17.4 Å². The van der Waals surface area contributed by atoms with Gasteiger partial charge in [-0.25, -0.2) is 4.98 Å². The Morgan fingerprint density at radius 1 is 1.23 bits per heavy atom. The SMILES string of the molecule is CCc1ccc(N2C(=S)N(c3cnc(C#N)c(C(F)(F)F)c3)C(=O)C23CCC3)cc1. The van der Waals surface area contributed by atoms with Crippen LogP contribution in [0.4, 0.5) is 24.5 Å². The van der Waals surface area contributed by atoms with Gasteiger partial charge in [-0.3, -0.25) is 9.69 Å². The molecule has 1 spiro atoms. The first-order chi connectivity index (χ1) is 14.2. The van der Waals surface area contributed by atoms with Gasteiger partial charge in [0, 0.05) is 5.69 Å². The summed E-state index contributed by atoms with van der Waals surface area (Å²) >= 11 is 5.57. The number of hydrogen-bond acceptors (Lipinski definition) is 4. The molecular weight excluding hydrogens is 413 g/mol. The van der Waals surface area contributed by atoms with Gasteiger partial charge in [-0.05, 0) is 61.7 Å². The zero-order valence-electron chi connectivity index (χ0n) is 16.0. The number of amides is 1. The van der Waals surface area contributed by atoms with Gasteiger partial charge in [0.1, 0.15) is 11.6 Å². The van der Waals surface area contributed by atoms with E-state index in [1.807, 2.05) is 31.2 Å². The molecule has 1 aromatic heterocycles. The zero-order chi connectivity index (χ0) is 21.7. The molecular formula is C21H17F3N4OS. The Bertz CT molecular complexity index is 1070. The lowest BCUT2D eigenvalue weighted by Gasteiger charge is -2.43. The van der Waals surface area contributed by atoms with Crippen LogP contribution in [0.5, 0.6) is 0 Å². The van der Waals surface area contributed by atoms with Crippen molar-refractivity contribution in [3.05, 3.63) is 53.3 Å². The number of aromatic nitrogens is 1. The quantitative estimate of drug-likeness (QED) is 0.667. The van der Waals surface area contributed by atoms with Crippen molar-refractivity contribution >= 4 is 34.6 Å². The first-order valence-corrected chi connectivity index (χ1v) is 9.89. The molecule has 1 saturated carbocycles. The van der Waals surface area contributed by atoms with Crippen LogP contribution in [0.1, 0.15) is 43.0 Å². The Kier molecular flexibility index (Phi) is 4.77. The predicted octanol–water partition coefficient (Wildman–Crippen LogP) is 4.60. The van der Waals surface area contributed by atoms with Gasteiger partial charge in [0.25, 0.3) is 5.91 Å². The first kappa shape index (κ1) is 20.3. The predicted molar refractivity (Wildman–Crippen MR) is 109 cm³/mol. The Morgan fingerprint density at radius 2 is 1.90 bits per heavy atom. The standard InChI is InChI=1S/C21H17F3N4OS/c1-2-13-4-6-14(7-5-13)28-19(30)27(18(29)20(28)8-3-9-20)15-10-16(21(22,23)24)17(11-25)26-12-15/h4-7,10,12H,2-3,8-9H2,1H3. The molecule has 1 amide bonds. The molecule has 1 aliphatic heterocycles. The molecule has 2 aromatic rings. The number of carbonyl (C=O) groups is 1. The number of nitriles is 1. The van der Waals surface area contributed by atoms with Crippen molar-refractivity contribution in [3.63, 3.8) is 0 Å². The summed E-state index contributed by atoms with van der Waals surface area (Å²) in [5, 5.41) is 9.09. The van der Waals surface area contributed by atoms with Crippen LogP contribution < -0.4 is 9.80 Å². The van der Waals surface area contributed by atoms with Gasteiger partial charge < -0.3 is 4.90 Å². The summed E-state index contributed by atoms with van der Waals surface area (Å²) in [5.41, 5.74) is -1.06. The maximum atomic E-state index is 13.4. The van der Waals surface area contributed by atoms with Crippen molar-refractivity contribution in [2.45, 2.75) is 44.3 Å². The van der Waals surface area contributed by atoms with Gasteiger partial charge in [0.05, 0.1) is 17.4 Å². The fourth-order valence-electron chi connectivity index (χ4n) is 3.97. The summed E-state index contributed by atoms with van der Waals surface area (Å²) in [6, 6.07) is 9.86. The summed E-state index contributed by atoms with van der Waals surface area (Å²) in [5.74, 6) is -0.363. The Labute approximate surface area is 176 Å². The largest absolute Gasteiger partial charge is 0.419 e. The van der Waals surface area contributed by atoms with Crippen molar-refractivity contribution in [2.24, 2.45) is 0 Å². The minimum atomic E-state index is -4.78. The molecule has 0 N–H and O–H groups in total. The zero-order valence-corrected chi connectivity index (χ0v) is 16.8. The molecule has 1 saturated heterocycles. The number of rotatable bonds is 3. The van der Waals surface area contributed by atoms with Crippen molar-refractivity contribution < 1.29 is 18.0 Å². The Hall–Kier alpha value is -2.99. The summed E-state index contributed by atoms with van der Waals surface area (Å²) < 4.78 is 40.2. The maximum Gasteiger partial charge on any atom is 0.419 e. The van der Waals surface area contributed by atoms with Crippen LogP contribution in [0.15, 0.2) is 36.5 Å². The lowest BCUT2D eigenvalue weighted by Crippen LogP contribution is -2.55. The molecule has 1 aliphatic carbocycles. The molecule has 4 rings (SSSR count). The highest BCUT2D eigenvalue weighted by Gasteiger charge is 2.59. The number of anilines is 2. The van der Waals surface area contributed by atoms with Gasteiger partial charge in [0.2, 0.25) is 0 Å². The van der Waals surface area contributed by atoms with Gasteiger partial charge in [-0.2, -0.15) is 18.4 Å². The van der Waals surface area contributed by atoms with Crippen molar-refractivity contribution in [3.8, 4) is 6.07 Å². The summed E-state index contributed by atoms with van der Waals surface area (Å²) in [4.78, 5) is 19.9. The van der Waals surface area contributed by atoms with Gasteiger partial charge >= 0.3 is 6.18 Å². The molecule has 9 heteroatoms. The number of aryl methyl sites for hydroxylation is 1. The first-order valence-electron chi connectivity index (χ1n) is 9.48. The molecule has 2 fully saturated rings. The van der Waals surface area contributed by atoms with Crippen LogP contribution in [0.3, 0.4) is 0 Å². The molecule has 1 aromatic carbocycles. The molecule has 5 nitrogen and oxygen atoms in total. The molecule has 2 aliphatic rings. The van der Waals surface area contributed by atoms with E-state index in [2.05, 4.69) is 4.98 Å². The number of carbonyl (C=O) groups excluding carboxylic acids is 1. The minimum Gasteiger partial charge on any atom is -0.303 e. The third kappa shape index (κ3) is 2.94. The van der Waals surface area contributed by atoms with Crippen LogP contribution >= 0.6 is 12.2 Å². The fourth-order valence-corrected chi connectivity index (χ4v) is 4.44. The second kappa shape index (κ2) is 7.06. The molecule has 2 heterocycles. The second-order valence-corrected chi connectivity index (χ2v) is 7.73. The number of benzene rings is 1. The minimum absolute atomic E-state index is 0.0877. The maximum absolute atomic E-state index is 13.4. The third-order valence-corrected chi connectivity index (χ3v) is 6.10. The van der Waals surface area contributed by atoms with E-state index >= 15 is 0 Å². The average Bonchev–Trinajstić information content (AvgIpc) is 2.93. The molecule has 0 radical (unpaired) electrons. The average molecular weight is 430 g/mol. The van der Waals surface area contributed by atoms with Crippen LogP contribution in [0.25, 0.3) is 0 Å². The summed E-state index contributed by atoms with van der Waals surface area (Å²) in [6.07, 6.45) is -0.874. The number of pyridine rings is 1. The van der Waals surface area contributed by atoms with E-state index in [1.165, 1.54) is 6.07 Å². The topological polar surface area (TPSA) is 60.2 Å². The molecule has 154 valence electrons. The summed E-state index contributed by atoms with van der Waals surface area (Å²) in [7, 11) is 0. The molecule has 0 bridgehead atoms. The number of alkyl halides is 3. The molecule has 30 heavy (non-hydrogen) atoms. The van der Waals surface area contributed by atoms with Crippen LogP contribution in [0, 0.1) is 11.3 Å². The number of thiocarbonyl (C=S) groups is 1. The lowest BCUT2D eigenvalue weighted by atomic mass is 9.75. The highest BCUT2D eigenvalue weighted by atomic mass is 32.1. The molecule has 0 unspecified atom stereocenters. The van der Waals surface area contributed by atoms with Crippen LogP contribution in [0.2, 0.25) is 0 Å². The van der Waals surface area contributed by atoms with E-state index in [1.54, 1.807) is 4.90 Å². The van der Waals surface area contributed by atoms with E-state index in [9.17, 15) is 18.0 Å². The normalized spacial score (nSPS) is 18.0.